The molecule has 0 aliphatic carbocycles. The molecule has 0 unspecified atom stereocenters. The summed E-state index contributed by atoms with van der Waals surface area (Å²) in [5, 5.41) is 0. The molecule has 0 radical (unpaired) electrons. The second-order valence-electron chi connectivity index (χ2n) is 10.3. The Bertz CT molecular complexity index is 1560. The van der Waals surface area contributed by atoms with E-state index in [9.17, 15) is 4.79 Å². The Hall–Kier alpha value is -3.96. The lowest BCUT2D eigenvalue weighted by atomic mass is 9.95. The highest BCUT2D eigenvalue weighted by Crippen LogP contribution is 2.29. The summed E-state index contributed by atoms with van der Waals surface area (Å²) in [4.78, 5) is 22.9. The van der Waals surface area contributed by atoms with E-state index in [1.54, 1.807) is 4.57 Å². The number of aromatic amines is 1. The number of hydrogen-bond acceptors (Lipinski definition) is 3. The maximum Gasteiger partial charge on any atom is 0.327 e. The van der Waals surface area contributed by atoms with Crippen LogP contribution in [0, 0.1) is 0 Å². The van der Waals surface area contributed by atoms with Gasteiger partial charge in [0.05, 0.1) is 17.8 Å². The van der Waals surface area contributed by atoms with Crippen molar-refractivity contribution in [1.29, 1.82) is 0 Å². The van der Waals surface area contributed by atoms with Crippen molar-refractivity contribution in [2.75, 3.05) is 20.6 Å². The zero-order valence-electron chi connectivity index (χ0n) is 22.0. The molecule has 0 saturated carbocycles. The van der Waals surface area contributed by atoms with Crippen molar-refractivity contribution in [2.24, 2.45) is 0 Å². The monoisotopic (exact) mass is 490 g/mol. The molecule has 3 aromatic carbocycles. The number of H-pyrrole nitrogens is 1. The van der Waals surface area contributed by atoms with Crippen LogP contribution in [0.15, 0.2) is 89.7 Å². The maximum atomic E-state index is 12.8. The van der Waals surface area contributed by atoms with Gasteiger partial charge < -0.3 is 9.88 Å². The molecule has 0 bridgehead atoms. The molecule has 2 aromatic heterocycles. The van der Waals surface area contributed by atoms with Crippen molar-refractivity contribution in [3.8, 4) is 22.4 Å². The van der Waals surface area contributed by atoms with E-state index in [4.69, 9.17) is 4.98 Å². The first kappa shape index (κ1) is 24.7. The third kappa shape index (κ3) is 5.42. The van der Waals surface area contributed by atoms with Gasteiger partial charge in [-0.3, -0.25) is 4.57 Å². The highest BCUT2D eigenvalue weighted by molar-refractivity contribution is 5.76. The smallest absolute Gasteiger partial charge is 0.309 e. The van der Waals surface area contributed by atoms with Gasteiger partial charge in [0.2, 0.25) is 0 Å². The number of hydrogen-bond donors (Lipinski definition) is 1. The molecule has 0 aliphatic rings. The van der Waals surface area contributed by atoms with Crippen LogP contribution >= 0.6 is 0 Å². The van der Waals surface area contributed by atoms with Gasteiger partial charge in [-0.15, -0.1) is 0 Å². The van der Waals surface area contributed by atoms with Gasteiger partial charge in [0.1, 0.15) is 0 Å². The lowest BCUT2D eigenvalue weighted by Gasteiger charge is -2.12. The second kappa shape index (κ2) is 10.6. The summed E-state index contributed by atoms with van der Waals surface area (Å²) in [7, 11) is 4.20. The van der Waals surface area contributed by atoms with E-state index in [1.165, 1.54) is 22.3 Å². The van der Waals surface area contributed by atoms with Gasteiger partial charge in [-0.25, -0.2) is 9.78 Å². The fourth-order valence-electron chi connectivity index (χ4n) is 4.76. The second-order valence-corrected chi connectivity index (χ2v) is 10.3. The molecule has 5 heteroatoms. The Morgan fingerprint density at radius 1 is 0.838 bits per heavy atom. The number of rotatable bonds is 8. The highest BCUT2D eigenvalue weighted by Gasteiger charge is 2.14. The normalized spacial score (nSPS) is 11.6. The topological polar surface area (TPSA) is 53.9 Å². The first-order chi connectivity index (χ1) is 17.9. The van der Waals surface area contributed by atoms with Gasteiger partial charge in [-0.2, -0.15) is 0 Å². The van der Waals surface area contributed by atoms with Crippen LogP contribution in [0.3, 0.4) is 0 Å². The lowest BCUT2D eigenvalue weighted by molar-refractivity contribution is 0.413. The molecule has 0 amide bonds. The maximum absolute atomic E-state index is 12.8. The van der Waals surface area contributed by atoms with Crippen molar-refractivity contribution in [1.82, 2.24) is 19.4 Å². The van der Waals surface area contributed by atoms with Crippen molar-refractivity contribution in [3.63, 3.8) is 0 Å². The highest BCUT2D eigenvalue weighted by atomic mass is 16.1. The summed E-state index contributed by atoms with van der Waals surface area (Å²) in [6.45, 7) is 5.88. The molecular formula is C32H34N4O. The number of nitrogens with one attached hydrogen (secondary N) is 1. The third-order valence-corrected chi connectivity index (χ3v) is 6.91. The SMILES string of the molecule is CC(C)c1ccccc1-c1ccc2[nH]c(=O)n(Cc3ccc(-c4ccc(CCN(C)C)cc4)cc3)c2n1. The van der Waals surface area contributed by atoms with Gasteiger partial charge in [0.25, 0.3) is 0 Å². The number of benzene rings is 3. The average Bonchev–Trinajstić information content (AvgIpc) is 3.22. The molecule has 0 fully saturated rings. The van der Waals surface area contributed by atoms with E-state index in [-0.39, 0.29) is 5.69 Å². The molecule has 5 aromatic rings. The Kier molecular flexibility index (Phi) is 7.06. The number of pyridine rings is 1. The number of nitrogens with zero attached hydrogens (tertiary/aromatic N) is 3. The summed E-state index contributed by atoms with van der Waals surface area (Å²) < 4.78 is 1.73. The number of imidazole rings is 1. The minimum Gasteiger partial charge on any atom is -0.309 e. The minimum absolute atomic E-state index is 0.144. The van der Waals surface area contributed by atoms with Crippen LogP contribution in [0.1, 0.15) is 36.5 Å². The molecule has 0 spiro atoms. The quantitative estimate of drug-likeness (QED) is 0.276. The standard InChI is InChI=1S/C32H34N4O/c1-22(2)27-7-5-6-8-28(27)29-17-18-30-31(33-29)36(32(37)34-30)21-24-11-15-26(16-12-24)25-13-9-23(10-14-25)19-20-35(3)4/h5-18,22H,19-21H2,1-4H3,(H,34,37). The number of fused-ring (bicyclic) bond motifs is 1. The van der Waals surface area contributed by atoms with Gasteiger partial charge in [-0.1, -0.05) is 86.6 Å². The molecule has 37 heavy (non-hydrogen) atoms. The van der Waals surface area contributed by atoms with Crippen LogP contribution in [-0.4, -0.2) is 40.1 Å². The third-order valence-electron chi connectivity index (χ3n) is 6.91. The Morgan fingerprint density at radius 2 is 1.49 bits per heavy atom. The van der Waals surface area contributed by atoms with Crippen molar-refractivity contribution < 1.29 is 0 Å². The van der Waals surface area contributed by atoms with E-state index in [2.05, 4.69) is 105 Å². The van der Waals surface area contributed by atoms with Gasteiger partial charge in [0.15, 0.2) is 5.65 Å². The summed E-state index contributed by atoms with van der Waals surface area (Å²) in [6, 6.07) is 29.5. The van der Waals surface area contributed by atoms with Crippen molar-refractivity contribution >= 4 is 11.2 Å². The predicted octanol–water partition coefficient (Wildman–Crippen LogP) is 6.33. The molecule has 0 aliphatic heterocycles. The molecule has 5 rings (SSSR count). The summed E-state index contributed by atoms with van der Waals surface area (Å²) in [5.41, 5.74) is 9.29. The van der Waals surface area contributed by atoms with Gasteiger partial charge in [0, 0.05) is 12.1 Å². The number of likely N-dealkylation sites (N-methyl/N-ethyl adjacent to an activating group) is 1. The Labute approximate surface area is 218 Å². The van der Waals surface area contributed by atoms with Crippen molar-refractivity contribution in [3.05, 3.63) is 112 Å². The molecular weight excluding hydrogens is 456 g/mol. The van der Waals surface area contributed by atoms with Crippen LogP contribution in [0.5, 0.6) is 0 Å². The predicted molar refractivity (Wildman–Crippen MR) is 153 cm³/mol. The molecule has 2 heterocycles. The lowest BCUT2D eigenvalue weighted by Crippen LogP contribution is -2.17. The van der Waals surface area contributed by atoms with Crippen LogP contribution in [0.2, 0.25) is 0 Å². The Morgan fingerprint density at radius 3 is 2.14 bits per heavy atom. The first-order valence-corrected chi connectivity index (χ1v) is 12.9. The zero-order chi connectivity index (χ0) is 25.9. The molecule has 5 nitrogen and oxygen atoms in total. The van der Waals surface area contributed by atoms with Crippen LogP contribution in [0.25, 0.3) is 33.5 Å². The summed E-state index contributed by atoms with van der Waals surface area (Å²) in [6.07, 6.45) is 1.05. The molecule has 1 N–H and O–H groups in total. The van der Waals surface area contributed by atoms with E-state index in [0.29, 0.717) is 18.1 Å². The van der Waals surface area contributed by atoms with E-state index < -0.39 is 0 Å². The van der Waals surface area contributed by atoms with Crippen molar-refractivity contribution in [2.45, 2.75) is 32.7 Å². The Balaban J connectivity index is 1.40. The van der Waals surface area contributed by atoms with Crippen LogP contribution in [0.4, 0.5) is 0 Å². The fourth-order valence-corrected chi connectivity index (χ4v) is 4.76. The fraction of sp³-hybridized carbons (Fsp3) is 0.250. The largest absolute Gasteiger partial charge is 0.327 e. The summed E-state index contributed by atoms with van der Waals surface area (Å²) >= 11 is 0. The number of aromatic nitrogens is 3. The molecule has 188 valence electrons. The zero-order valence-corrected chi connectivity index (χ0v) is 22.0. The van der Waals surface area contributed by atoms with E-state index in [1.807, 2.05) is 18.2 Å². The van der Waals surface area contributed by atoms with Crippen LogP contribution in [-0.2, 0) is 13.0 Å². The summed E-state index contributed by atoms with van der Waals surface area (Å²) in [5.74, 6) is 0.384. The average molecular weight is 491 g/mol. The van der Waals surface area contributed by atoms with Crippen LogP contribution < -0.4 is 5.69 Å². The first-order valence-electron chi connectivity index (χ1n) is 12.9. The molecule has 0 saturated heterocycles. The van der Waals surface area contributed by atoms with Gasteiger partial charge in [-0.05, 0) is 66.4 Å². The van der Waals surface area contributed by atoms with E-state index in [0.717, 1.165) is 35.3 Å². The van der Waals surface area contributed by atoms with Gasteiger partial charge >= 0.3 is 5.69 Å². The minimum atomic E-state index is -0.144. The van der Waals surface area contributed by atoms with E-state index >= 15 is 0 Å². The molecule has 0 atom stereocenters.